The van der Waals surface area contributed by atoms with E-state index in [4.69, 9.17) is 5.11 Å². The predicted molar refractivity (Wildman–Crippen MR) is 73.2 cm³/mol. The third kappa shape index (κ3) is 2.54. The number of nitrogens with zero attached hydrogens (tertiary/aromatic N) is 1. The van der Waals surface area contributed by atoms with Gasteiger partial charge >= 0.3 is 5.97 Å². The zero-order valence-electron chi connectivity index (χ0n) is 11.3. The van der Waals surface area contributed by atoms with Gasteiger partial charge in [0.2, 0.25) is 5.91 Å². The van der Waals surface area contributed by atoms with E-state index in [9.17, 15) is 9.59 Å². The molecule has 1 fully saturated rings. The summed E-state index contributed by atoms with van der Waals surface area (Å²) in [6, 6.07) is 5.11. The summed E-state index contributed by atoms with van der Waals surface area (Å²) >= 11 is 0. The van der Waals surface area contributed by atoms with Gasteiger partial charge < -0.3 is 15.3 Å². The number of hydrogen-bond acceptors (Lipinski definition) is 3. The number of fused-ring (bicyclic) bond motifs is 1. The van der Waals surface area contributed by atoms with Crippen molar-refractivity contribution in [1.82, 2.24) is 10.2 Å². The van der Waals surface area contributed by atoms with Crippen molar-refractivity contribution >= 4 is 11.9 Å². The molecule has 0 bridgehead atoms. The first kappa shape index (κ1) is 13.1. The molecule has 1 aromatic rings. The number of carboxylic acids is 1. The summed E-state index contributed by atoms with van der Waals surface area (Å²) in [4.78, 5) is 25.1. The Labute approximate surface area is 117 Å². The van der Waals surface area contributed by atoms with E-state index in [-0.39, 0.29) is 11.5 Å². The smallest absolute Gasteiger partial charge is 0.335 e. The van der Waals surface area contributed by atoms with Gasteiger partial charge in [-0.2, -0.15) is 0 Å². The van der Waals surface area contributed by atoms with Gasteiger partial charge in [0, 0.05) is 19.5 Å². The highest BCUT2D eigenvalue weighted by atomic mass is 16.4. The number of carboxylic acid groups (broad SMARTS) is 1. The molecule has 0 radical (unpaired) electrons. The Morgan fingerprint density at radius 1 is 1.30 bits per heavy atom. The van der Waals surface area contributed by atoms with Crippen LogP contribution in [0.5, 0.6) is 0 Å². The van der Waals surface area contributed by atoms with E-state index in [1.54, 1.807) is 12.1 Å². The minimum Gasteiger partial charge on any atom is -0.478 e. The third-order valence-electron chi connectivity index (χ3n) is 4.15. The van der Waals surface area contributed by atoms with Gasteiger partial charge in [-0.15, -0.1) is 0 Å². The van der Waals surface area contributed by atoms with Crippen molar-refractivity contribution in [2.75, 3.05) is 13.1 Å². The van der Waals surface area contributed by atoms with Crippen LogP contribution in [0.4, 0.5) is 0 Å². The fourth-order valence-electron chi connectivity index (χ4n) is 2.97. The number of aromatic carboxylic acids is 1. The van der Waals surface area contributed by atoms with Crippen LogP contribution in [-0.4, -0.2) is 35.0 Å². The number of amides is 1. The first-order valence-corrected chi connectivity index (χ1v) is 6.97. The Morgan fingerprint density at radius 3 is 2.80 bits per heavy atom. The molecule has 1 amide bonds. The highest BCUT2D eigenvalue weighted by Crippen LogP contribution is 2.26. The lowest BCUT2D eigenvalue weighted by atomic mass is 10.0. The highest BCUT2D eigenvalue weighted by Gasteiger charge is 2.27. The molecule has 3 rings (SSSR count). The molecular weight excluding hydrogens is 256 g/mol. The molecule has 1 unspecified atom stereocenters. The van der Waals surface area contributed by atoms with Gasteiger partial charge in [-0.25, -0.2) is 4.79 Å². The molecule has 2 heterocycles. The van der Waals surface area contributed by atoms with Crippen molar-refractivity contribution in [3.63, 3.8) is 0 Å². The van der Waals surface area contributed by atoms with Crippen LogP contribution in [-0.2, 0) is 17.9 Å². The van der Waals surface area contributed by atoms with Crippen molar-refractivity contribution in [3.05, 3.63) is 34.9 Å². The quantitative estimate of drug-likeness (QED) is 0.869. The summed E-state index contributed by atoms with van der Waals surface area (Å²) in [6.07, 6.45) is 1.66. The fourth-order valence-corrected chi connectivity index (χ4v) is 2.97. The molecule has 2 N–H and O–H groups in total. The number of nitrogens with one attached hydrogen (secondary N) is 1. The molecule has 0 saturated carbocycles. The largest absolute Gasteiger partial charge is 0.478 e. The second-order valence-electron chi connectivity index (χ2n) is 5.60. The maximum absolute atomic E-state index is 12.3. The fraction of sp³-hybridized carbons (Fsp3) is 0.467. The first-order chi connectivity index (χ1) is 9.63. The van der Waals surface area contributed by atoms with Crippen molar-refractivity contribution in [3.8, 4) is 0 Å². The van der Waals surface area contributed by atoms with Gasteiger partial charge in [-0.1, -0.05) is 6.07 Å². The highest BCUT2D eigenvalue weighted by molar-refractivity contribution is 5.88. The van der Waals surface area contributed by atoms with E-state index in [1.165, 1.54) is 0 Å². The zero-order valence-corrected chi connectivity index (χ0v) is 11.3. The number of hydrogen-bond donors (Lipinski definition) is 2. The van der Waals surface area contributed by atoms with E-state index >= 15 is 0 Å². The molecule has 106 valence electrons. The van der Waals surface area contributed by atoms with Gasteiger partial charge in [0.15, 0.2) is 0 Å². The van der Waals surface area contributed by atoms with Crippen LogP contribution < -0.4 is 5.32 Å². The molecule has 0 aliphatic carbocycles. The molecule has 1 aromatic carbocycles. The molecule has 20 heavy (non-hydrogen) atoms. The number of rotatable bonds is 3. The Bertz CT molecular complexity index is 550. The van der Waals surface area contributed by atoms with E-state index in [0.29, 0.717) is 25.4 Å². The van der Waals surface area contributed by atoms with Crippen molar-refractivity contribution < 1.29 is 14.7 Å². The molecule has 5 heteroatoms. The van der Waals surface area contributed by atoms with Crippen molar-refractivity contribution in [2.24, 2.45) is 5.92 Å². The first-order valence-electron chi connectivity index (χ1n) is 6.97. The van der Waals surface area contributed by atoms with Crippen molar-refractivity contribution in [2.45, 2.75) is 25.9 Å². The van der Waals surface area contributed by atoms with Crippen LogP contribution in [0.2, 0.25) is 0 Å². The zero-order chi connectivity index (χ0) is 14.1. The maximum atomic E-state index is 12.3. The standard InChI is InChI=1S/C15H18N2O3/c18-14(5-10-3-4-16-7-10)17-8-12-2-1-11(15(19)20)6-13(12)9-17/h1-2,6,10,16H,3-5,7-9H2,(H,19,20). The number of carbonyl (C=O) groups excluding carboxylic acids is 1. The van der Waals surface area contributed by atoms with Crippen LogP contribution in [0.3, 0.4) is 0 Å². The molecule has 5 nitrogen and oxygen atoms in total. The average molecular weight is 274 g/mol. The topological polar surface area (TPSA) is 69.6 Å². The minimum atomic E-state index is -0.922. The normalized spacial score (nSPS) is 21.0. The summed E-state index contributed by atoms with van der Waals surface area (Å²) in [5.41, 5.74) is 2.31. The number of benzene rings is 1. The lowest BCUT2D eigenvalue weighted by Crippen LogP contribution is -2.27. The second kappa shape index (κ2) is 5.25. The number of carbonyl (C=O) groups is 2. The summed E-state index contributed by atoms with van der Waals surface area (Å²) in [5, 5.41) is 12.3. The third-order valence-corrected chi connectivity index (χ3v) is 4.15. The molecule has 1 atom stereocenters. The molecular formula is C15H18N2O3. The van der Waals surface area contributed by atoms with E-state index in [1.807, 2.05) is 11.0 Å². The Kier molecular flexibility index (Phi) is 3.44. The maximum Gasteiger partial charge on any atom is 0.335 e. The van der Waals surface area contributed by atoms with Gasteiger partial charge in [0.05, 0.1) is 5.56 Å². The van der Waals surface area contributed by atoms with Crippen LogP contribution in [0.15, 0.2) is 18.2 Å². The average Bonchev–Trinajstić information content (AvgIpc) is 3.05. The van der Waals surface area contributed by atoms with Crippen LogP contribution in [0.1, 0.15) is 34.3 Å². The lowest BCUT2D eigenvalue weighted by Gasteiger charge is -2.17. The van der Waals surface area contributed by atoms with Crippen LogP contribution in [0, 0.1) is 5.92 Å². The molecule has 1 saturated heterocycles. The summed E-state index contributed by atoms with van der Waals surface area (Å²) in [6.45, 7) is 3.07. The van der Waals surface area contributed by atoms with Gasteiger partial charge in [0.25, 0.3) is 0 Å². The molecule has 0 aromatic heterocycles. The van der Waals surface area contributed by atoms with Gasteiger partial charge in [-0.05, 0) is 48.7 Å². The Hall–Kier alpha value is -1.88. The van der Waals surface area contributed by atoms with Gasteiger partial charge in [0.1, 0.15) is 0 Å². The Balaban J connectivity index is 1.66. The molecule has 2 aliphatic rings. The monoisotopic (exact) mass is 274 g/mol. The summed E-state index contributed by atoms with van der Waals surface area (Å²) in [5.74, 6) is -0.304. The van der Waals surface area contributed by atoms with Crippen LogP contribution >= 0.6 is 0 Å². The van der Waals surface area contributed by atoms with Crippen LogP contribution in [0.25, 0.3) is 0 Å². The van der Waals surface area contributed by atoms with Crippen molar-refractivity contribution in [1.29, 1.82) is 0 Å². The summed E-state index contributed by atoms with van der Waals surface area (Å²) < 4.78 is 0. The Morgan fingerprint density at radius 2 is 2.10 bits per heavy atom. The van der Waals surface area contributed by atoms with E-state index in [2.05, 4.69) is 5.32 Å². The molecule has 0 spiro atoms. The predicted octanol–water partition coefficient (Wildman–Crippen LogP) is 1.23. The van der Waals surface area contributed by atoms with E-state index < -0.39 is 5.97 Å². The molecule has 2 aliphatic heterocycles. The second-order valence-corrected chi connectivity index (χ2v) is 5.60. The van der Waals surface area contributed by atoms with E-state index in [0.717, 1.165) is 30.6 Å². The lowest BCUT2D eigenvalue weighted by molar-refractivity contribution is -0.132. The minimum absolute atomic E-state index is 0.173. The summed E-state index contributed by atoms with van der Waals surface area (Å²) in [7, 11) is 0. The van der Waals surface area contributed by atoms with Gasteiger partial charge in [-0.3, -0.25) is 4.79 Å². The SMILES string of the molecule is O=C(O)c1ccc2c(c1)CN(C(=O)CC1CCNC1)C2.